The van der Waals surface area contributed by atoms with Crippen molar-refractivity contribution >= 4 is 46.4 Å². The second-order valence-corrected chi connectivity index (χ2v) is 7.85. The van der Waals surface area contributed by atoms with Crippen LogP contribution in [0.3, 0.4) is 0 Å². The Balaban J connectivity index is 1.73. The molecule has 9 heteroatoms. The summed E-state index contributed by atoms with van der Waals surface area (Å²) in [4.78, 5) is 15.7. The molecule has 26 heavy (non-hydrogen) atoms. The number of rotatable bonds is 5. The molecule has 0 aliphatic carbocycles. The standard InChI is InChI=1S/C17H21F2N3O2S2/c1-2-15(25)20-9-12-10-22(17(23)24-12)11-7-13(18)16(14(19)8-11)21-3-5-26-6-4-21/h7-8,12H,2-6,9-10H2,1H3,(H,20,25)/t12-/m0/s1. The van der Waals surface area contributed by atoms with Crippen LogP contribution in [0.25, 0.3) is 0 Å². The molecule has 2 heterocycles. The molecule has 142 valence electrons. The maximum absolute atomic E-state index is 14.6. The molecule has 0 bridgehead atoms. The summed E-state index contributed by atoms with van der Waals surface area (Å²) >= 11 is 6.85. The van der Waals surface area contributed by atoms with Gasteiger partial charge in [0.15, 0.2) is 11.6 Å². The number of ether oxygens (including phenoxy) is 1. The Morgan fingerprint density at radius 1 is 1.35 bits per heavy atom. The summed E-state index contributed by atoms with van der Waals surface area (Å²) in [5.74, 6) is 0.364. The van der Waals surface area contributed by atoms with Crippen LogP contribution >= 0.6 is 24.0 Å². The van der Waals surface area contributed by atoms with Gasteiger partial charge in [0.05, 0.1) is 23.8 Å². The molecular weight excluding hydrogens is 380 g/mol. The molecule has 1 aromatic rings. The van der Waals surface area contributed by atoms with Crippen molar-refractivity contribution < 1.29 is 18.3 Å². The molecular formula is C17H21F2N3O2S2. The van der Waals surface area contributed by atoms with Gasteiger partial charge in [0.1, 0.15) is 11.8 Å². The van der Waals surface area contributed by atoms with Crippen LogP contribution in [-0.4, -0.2) is 54.9 Å². The molecule has 2 fully saturated rings. The van der Waals surface area contributed by atoms with E-state index in [1.54, 1.807) is 16.7 Å². The summed E-state index contributed by atoms with van der Waals surface area (Å²) in [6.07, 6.45) is -0.330. The number of carbonyl (C=O) groups excluding carboxylic acids is 1. The Morgan fingerprint density at radius 2 is 2.00 bits per heavy atom. The third-order valence-corrected chi connectivity index (χ3v) is 5.74. The number of thiocarbonyl (C=S) groups is 1. The van der Waals surface area contributed by atoms with Gasteiger partial charge in [-0.3, -0.25) is 4.90 Å². The van der Waals surface area contributed by atoms with E-state index in [1.165, 1.54) is 17.0 Å². The number of amides is 1. The number of carbonyl (C=O) groups is 1. The van der Waals surface area contributed by atoms with E-state index in [0.29, 0.717) is 31.0 Å². The van der Waals surface area contributed by atoms with Gasteiger partial charge >= 0.3 is 6.09 Å². The third-order valence-electron chi connectivity index (χ3n) is 4.36. The first-order valence-electron chi connectivity index (χ1n) is 8.56. The Labute approximate surface area is 161 Å². The lowest BCUT2D eigenvalue weighted by atomic mass is 10.2. The highest BCUT2D eigenvalue weighted by Gasteiger charge is 2.33. The highest BCUT2D eigenvalue weighted by molar-refractivity contribution is 7.99. The Kier molecular flexibility index (Phi) is 6.18. The second-order valence-electron chi connectivity index (χ2n) is 6.13. The van der Waals surface area contributed by atoms with Crippen molar-refractivity contribution in [2.24, 2.45) is 0 Å². The summed E-state index contributed by atoms with van der Waals surface area (Å²) in [5.41, 5.74) is 0.147. The average Bonchev–Trinajstić information content (AvgIpc) is 3.00. The first kappa shape index (κ1) is 19.2. The van der Waals surface area contributed by atoms with Gasteiger partial charge in [-0.1, -0.05) is 19.1 Å². The van der Waals surface area contributed by atoms with E-state index in [2.05, 4.69) is 5.32 Å². The molecule has 0 saturated carbocycles. The molecule has 0 spiro atoms. The molecule has 1 N–H and O–H groups in total. The van der Waals surface area contributed by atoms with E-state index in [4.69, 9.17) is 17.0 Å². The maximum atomic E-state index is 14.6. The van der Waals surface area contributed by atoms with Crippen LogP contribution in [0.15, 0.2) is 12.1 Å². The lowest BCUT2D eigenvalue weighted by molar-refractivity contribution is 0.143. The Hall–Kier alpha value is -1.61. The minimum atomic E-state index is -0.659. The minimum Gasteiger partial charge on any atom is -0.442 e. The predicted octanol–water partition coefficient (Wildman–Crippen LogP) is 3.17. The summed E-state index contributed by atoms with van der Waals surface area (Å²) in [6.45, 7) is 3.74. The van der Waals surface area contributed by atoms with Crippen LogP contribution < -0.4 is 15.1 Å². The van der Waals surface area contributed by atoms with Crippen molar-refractivity contribution in [3.8, 4) is 0 Å². The van der Waals surface area contributed by atoms with Gasteiger partial charge < -0.3 is 15.0 Å². The van der Waals surface area contributed by atoms with Gasteiger partial charge in [0.25, 0.3) is 0 Å². The molecule has 1 atom stereocenters. The van der Waals surface area contributed by atoms with E-state index in [-0.39, 0.29) is 17.9 Å². The SMILES string of the molecule is CCC(=S)NC[C@H]1CN(c2cc(F)c(N3CCSCC3)c(F)c2)C(=O)O1. The van der Waals surface area contributed by atoms with Crippen molar-refractivity contribution in [3.05, 3.63) is 23.8 Å². The normalized spacial score (nSPS) is 20.3. The molecule has 5 nitrogen and oxygen atoms in total. The van der Waals surface area contributed by atoms with E-state index in [0.717, 1.165) is 11.5 Å². The predicted molar refractivity (Wildman–Crippen MR) is 104 cm³/mol. The minimum absolute atomic E-state index is 0.0203. The van der Waals surface area contributed by atoms with Crippen LogP contribution in [0.4, 0.5) is 25.0 Å². The number of nitrogens with zero attached hydrogens (tertiary/aromatic N) is 2. The van der Waals surface area contributed by atoms with Crippen LogP contribution in [0.1, 0.15) is 13.3 Å². The topological polar surface area (TPSA) is 44.8 Å². The number of anilines is 2. The zero-order valence-electron chi connectivity index (χ0n) is 14.5. The zero-order valence-corrected chi connectivity index (χ0v) is 16.1. The molecule has 1 aromatic carbocycles. The van der Waals surface area contributed by atoms with E-state index >= 15 is 0 Å². The Morgan fingerprint density at radius 3 is 2.62 bits per heavy atom. The lowest BCUT2D eigenvalue weighted by Crippen LogP contribution is -2.34. The average molecular weight is 402 g/mol. The Bertz CT molecular complexity index is 676. The van der Waals surface area contributed by atoms with Crippen molar-refractivity contribution in [1.29, 1.82) is 0 Å². The third kappa shape index (κ3) is 4.20. The number of nitrogens with one attached hydrogen (secondary N) is 1. The fourth-order valence-corrected chi connectivity index (χ4v) is 3.97. The van der Waals surface area contributed by atoms with Gasteiger partial charge in [-0.25, -0.2) is 13.6 Å². The number of benzene rings is 1. The van der Waals surface area contributed by atoms with Crippen LogP contribution in [0.5, 0.6) is 0 Å². The molecule has 2 aliphatic rings. The first-order chi connectivity index (χ1) is 12.5. The van der Waals surface area contributed by atoms with Gasteiger partial charge in [0, 0.05) is 36.7 Å². The molecule has 2 aliphatic heterocycles. The summed E-state index contributed by atoms with van der Waals surface area (Å²) in [7, 11) is 0. The molecule has 0 radical (unpaired) electrons. The summed E-state index contributed by atoms with van der Waals surface area (Å²) in [5, 5.41) is 3.01. The maximum Gasteiger partial charge on any atom is 0.414 e. The van der Waals surface area contributed by atoms with E-state index in [9.17, 15) is 13.6 Å². The largest absolute Gasteiger partial charge is 0.442 e. The van der Waals surface area contributed by atoms with Gasteiger partial charge in [-0.2, -0.15) is 11.8 Å². The summed E-state index contributed by atoms with van der Waals surface area (Å²) in [6, 6.07) is 2.40. The van der Waals surface area contributed by atoms with Crippen LogP contribution in [0, 0.1) is 11.6 Å². The molecule has 3 rings (SSSR count). The van der Waals surface area contributed by atoms with Gasteiger partial charge in [-0.05, 0) is 6.42 Å². The molecule has 0 unspecified atom stereocenters. The van der Waals surface area contributed by atoms with Crippen molar-refractivity contribution in [1.82, 2.24) is 5.32 Å². The number of hydrogen-bond donors (Lipinski definition) is 1. The lowest BCUT2D eigenvalue weighted by Gasteiger charge is -2.29. The van der Waals surface area contributed by atoms with Crippen molar-refractivity contribution in [2.45, 2.75) is 19.4 Å². The quantitative estimate of drug-likeness (QED) is 0.765. The number of hydrogen-bond acceptors (Lipinski definition) is 5. The zero-order chi connectivity index (χ0) is 18.7. The number of thioether (sulfide) groups is 1. The van der Waals surface area contributed by atoms with Crippen molar-refractivity contribution in [2.75, 3.05) is 47.5 Å². The summed E-state index contributed by atoms with van der Waals surface area (Å²) < 4.78 is 34.4. The van der Waals surface area contributed by atoms with E-state index < -0.39 is 23.8 Å². The molecule has 0 aromatic heterocycles. The van der Waals surface area contributed by atoms with Gasteiger partial charge in [-0.15, -0.1) is 0 Å². The molecule has 2 saturated heterocycles. The van der Waals surface area contributed by atoms with E-state index in [1.807, 2.05) is 6.92 Å². The number of cyclic esters (lactones) is 1. The fourth-order valence-electron chi connectivity index (χ4n) is 2.99. The van der Waals surface area contributed by atoms with Gasteiger partial charge in [0.2, 0.25) is 0 Å². The number of halogens is 2. The highest BCUT2D eigenvalue weighted by Crippen LogP contribution is 2.32. The monoisotopic (exact) mass is 401 g/mol. The second kappa shape index (κ2) is 8.39. The molecule has 1 amide bonds. The van der Waals surface area contributed by atoms with Crippen LogP contribution in [-0.2, 0) is 4.74 Å². The first-order valence-corrected chi connectivity index (χ1v) is 10.1. The smallest absolute Gasteiger partial charge is 0.414 e. The van der Waals surface area contributed by atoms with Crippen LogP contribution in [0.2, 0.25) is 0 Å². The highest BCUT2D eigenvalue weighted by atomic mass is 32.2. The van der Waals surface area contributed by atoms with Crippen molar-refractivity contribution in [3.63, 3.8) is 0 Å². The fraction of sp³-hybridized carbons (Fsp3) is 0.529.